The van der Waals surface area contributed by atoms with Crippen molar-refractivity contribution in [1.29, 1.82) is 0 Å². The zero-order valence-corrected chi connectivity index (χ0v) is 15.3. The number of benzene rings is 1. The number of methoxy groups -OCH3 is 1. The van der Waals surface area contributed by atoms with E-state index in [2.05, 4.69) is 21.6 Å². The van der Waals surface area contributed by atoms with Crippen molar-refractivity contribution < 1.29 is 9.53 Å². The quantitative estimate of drug-likeness (QED) is 0.765. The molecule has 3 rings (SSSR count). The molecule has 1 aromatic heterocycles. The normalized spacial score (nSPS) is 16.0. The van der Waals surface area contributed by atoms with Crippen molar-refractivity contribution in [3.05, 3.63) is 35.3 Å². The second-order valence-electron chi connectivity index (χ2n) is 5.96. The third-order valence-corrected chi connectivity index (χ3v) is 6.39. The number of amides is 1. The number of ether oxygens (including phenoxy) is 1. The van der Waals surface area contributed by atoms with Crippen LogP contribution in [0.5, 0.6) is 5.75 Å². The molecule has 2 aromatic rings. The minimum atomic E-state index is -0.0182. The monoisotopic (exact) mass is 363 g/mol. The molecule has 128 valence electrons. The Balaban J connectivity index is 1.64. The minimum absolute atomic E-state index is 0.0182. The molecule has 1 aliphatic rings. The van der Waals surface area contributed by atoms with Gasteiger partial charge in [0.2, 0.25) is 5.91 Å². The van der Waals surface area contributed by atoms with Gasteiger partial charge < -0.3 is 10.1 Å². The van der Waals surface area contributed by atoms with Crippen LogP contribution < -0.4 is 10.1 Å². The first kappa shape index (κ1) is 17.2. The highest BCUT2D eigenvalue weighted by atomic mass is 32.2. The summed E-state index contributed by atoms with van der Waals surface area (Å²) in [6.07, 6.45) is 4.54. The van der Waals surface area contributed by atoms with Crippen molar-refractivity contribution in [3.8, 4) is 5.75 Å². The van der Waals surface area contributed by atoms with E-state index < -0.39 is 0 Å². The Bertz CT molecular complexity index is 670. The van der Waals surface area contributed by atoms with Crippen LogP contribution in [0.15, 0.2) is 34.1 Å². The van der Waals surface area contributed by atoms with Crippen molar-refractivity contribution in [1.82, 2.24) is 15.5 Å². The van der Waals surface area contributed by atoms with Gasteiger partial charge >= 0.3 is 0 Å². The Labute approximate surface area is 150 Å². The van der Waals surface area contributed by atoms with E-state index in [9.17, 15) is 4.79 Å². The van der Waals surface area contributed by atoms with Crippen LogP contribution in [0.3, 0.4) is 0 Å². The third-order valence-electron chi connectivity index (χ3n) is 4.53. The van der Waals surface area contributed by atoms with Gasteiger partial charge in [0.1, 0.15) is 11.3 Å². The molecular formula is C17H21N3O2S2. The predicted octanol–water partition coefficient (Wildman–Crippen LogP) is 3.27. The van der Waals surface area contributed by atoms with Crippen molar-refractivity contribution in [2.45, 2.75) is 35.4 Å². The highest BCUT2D eigenvalue weighted by Gasteiger charge is 2.37. The molecule has 0 saturated heterocycles. The largest absolute Gasteiger partial charge is 0.496 e. The van der Waals surface area contributed by atoms with Crippen molar-refractivity contribution in [2.24, 2.45) is 0 Å². The first-order valence-corrected chi connectivity index (χ1v) is 9.89. The topological polar surface area (TPSA) is 64.1 Å². The van der Waals surface area contributed by atoms with Gasteiger partial charge in [-0.3, -0.25) is 4.79 Å². The maximum atomic E-state index is 12.2. The van der Waals surface area contributed by atoms with E-state index in [0.717, 1.165) is 22.9 Å². The number of hydrogen-bond acceptors (Lipinski definition) is 6. The molecule has 1 aliphatic carbocycles. The van der Waals surface area contributed by atoms with Crippen molar-refractivity contribution in [2.75, 3.05) is 19.4 Å². The SMILES string of the molecule is COc1ccccc1C1(CNC(=O)CSc2nncs2)CCCC1. The number of hydrogen-bond donors (Lipinski definition) is 1. The highest BCUT2D eigenvalue weighted by Crippen LogP contribution is 2.44. The van der Waals surface area contributed by atoms with Gasteiger partial charge in [-0.1, -0.05) is 54.1 Å². The molecule has 0 bridgehead atoms. The number of carbonyl (C=O) groups excluding carboxylic acids is 1. The molecule has 1 heterocycles. The first-order chi connectivity index (χ1) is 11.7. The molecule has 1 amide bonds. The standard InChI is InChI=1S/C17H21N3O2S2/c1-22-14-7-3-2-6-13(14)17(8-4-5-9-17)11-18-15(21)10-23-16-20-19-12-24-16/h2-3,6-7,12H,4-5,8-11H2,1H3,(H,18,21). The highest BCUT2D eigenvalue weighted by molar-refractivity contribution is 8.01. The van der Waals surface area contributed by atoms with Gasteiger partial charge in [-0.2, -0.15) is 0 Å². The second kappa shape index (κ2) is 7.98. The van der Waals surface area contributed by atoms with Crippen LogP contribution >= 0.6 is 23.1 Å². The summed E-state index contributed by atoms with van der Waals surface area (Å²) in [4.78, 5) is 12.2. The summed E-state index contributed by atoms with van der Waals surface area (Å²) in [6.45, 7) is 0.656. The van der Waals surface area contributed by atoms with Gasteiger partial charge in [0, 0.05) is 17.5 Å². The summed E-state index contributed by atoms with van der Waals surface area (Å²) in [7, 11) is 1.71. The Morgan fingerprint density at radius 2 is 2.17 bits per heavy atom. The predicted molar refractivity (Wildman–Crippen MR) is 96.8 cm³/mol. The van der Waals surface area contributed by atoms with Crippen LogP contribution in [-0.2, 0) is 10.2 Å². The second-order valence-corrected chi connectivity index (χ2v) is 8.01. The lowest BCUT2D eigenvalue weighted by Gasteiger charge is -2.31. The van der Waals surface area contributed by atoms with E-state index >= 15 is 0 Å². The van der Waals surface area contributed by atoms with Crippen molar-refractivity contribution >= 4 is 29.0 Å². The number of para-hydroxylation sites is 1. The lowest BCUT2D eigenvalue weighted by Crippen LogP contribution is -2.40. The van der Waals surface area contributed by atoms with Gasteiger partial charge in [0.05, 0.1) is 12.9 Å². The van der Waals surface area contributed by atoms with Crippen LogP contribution in [0, 0.1) is 0 Å². The molecule has 1 fully saturated rings. The Kier molecular flexibility index (Phi) is 5.73. The number of thioether (sulfide) groups is 1. The first-order valence-electron chi connectivity index (χ1n) is 8.03. The van der Waals surface area contributed by atoms with Crippen LogP contribution in [0.2, 0.25) is 0 Å². The van der Waals surface area contributed by atoms with Crippen LogP contribution in [-0.4, -0.2) is 35.5 Å². The molecule has 1 N–H and O–H groups in total. The van der Waals surface area contributed by atoms with Gasteiger partial charge in [0.15, 0.2) is 4.34 Å². The number of nitrogens with one attached hydrogen (secondary N) is 1. The lowest BCUT2D eigenvalue weighted by atomic mass is 9.78. The molecule has 1 aromatic carbocycles. The Morgan fingerprint density at radius 1 is 1.38 bits per heavy atom. The number of nitrogens with zero attached hydrogens (tertiary/aromatic N) is 2. The molecule has 7 heteroatoms. The van der Waals surface area contributed by atoms with E-state index in [-0.39, 0.29) is 11.3 Å². The van der Waals surface area contributed by atoms with E-state index in [4.69, 9.17) is 4.74 Å². The average Bonchev–Trinajstić information content (AvgIpc) is 3.30. The summed E-state index contributed by atoms with van der Waals surface area (Å²) in [5, 5.41) is 10.8. The Morgan fingerprint density at radius 3 is 2.88 bits per heavy atom. The summed E-state index contributed by atoms with van der Waals surface area (Å²) >= 11 is 2.88. The van der Waals surface area contributed by atoms with Gasteiger partial charge in [0.25, 0.3) is 0 Å². The van der Waals surface area contributed by atoms with Gasteiger partial charge in [-0.25, -0.2) is 0 Å². The van der Waals surface area contributed by atoms with Gasteiger partial charge in [-0.05, 0) is 18.9 Å². The summed E-state index contributed by atoms with van der Waals surface area (Å²) in [6, 6.07) is 8.17. The number of aromatic nitrogens is 2. The molecule has 0 aliphatic heterocycles. The molecule has 24 heavy (non-hydrogen) atoms. The number of rotatable bonds is 7. The summed E-state index contributed by atoms with van der Waals surface area (Å²) in [5.74, 6) is 1.32. The van der Waals surface area contributed by atoms with Crippen LogP contribution in [0.25, 0.3) is 0 Å². The zero-order valence-electron chi connectivity index (χ0n) is 13.7. The fraction of sp³-hybridized carbons (Fsp3) is 0.471. The van der Waals surface area contributed by atoms with E-state index in [0.29, 0.717) is 12.3 Å². The van der Waals surface area contributed by atoms with Crippen molar-refractivity contribution in [3.63, 3.8) is 0 Å². The fourth-order valence-corrected chi connectivity index (χ4v) is 4.67. The number of carbonyl (C=O) groups is 1. The molecular weight excluding hydrogens is 342 g/mol. The third kappa shape index (κ3) is 3.89. The molecule has 5 nitrogen and oxygen atoms in total. The lowest BCUT2D eigenvalue weighted by molar-refractivity contribution is -0.118. The summed E-state index contributed by atoms with van der Waals surface area (Å²) < 4.78 is 6.38. The maximum Gasteiger partial charge on any atom is 0.230 e. The zero-order chi connectivity index (χ0) is 16.8. The van der Waals surface area contributed by atoms with E-state index in [1.54, 1.807) is 12.6 Å². The molecule has 0 radical (unpaired) electrons. The van der Waals surface area contributed by atoms with Crippen LogP contribution in [0.1, 0.15) is 31.2 Å². The smallest absolute Gasteiger partial charge is 0.230 e. The molecule has 0 spiro atoms. The van der Waals surface area contributed by atoms with E-state index in [1.807, 2.05) is 18.2 Å². The fourth-order valence-electron chi connectivity index (χ4n) is 3.35. The maximum absolute atomic E-state index is 12.2. The molecule has 0 atom stereocenters. The average molecular weight is 364 g/mol. The molecule has 1 saturated carbocycles. The Hall–Kier alpha value is -1.60. The van der Waals surface area contributed by atoms with Gasteiger partial charge in [-0.15, -0.1) is 10.2 Å². The summed E-state index contributed by atoms with van der Waals surface area (Å²) in [5.41, 5.74) is 2.87. The molecule has 0 unspecified atom stereocenters. The van der Waals surface area contributed by atoms with Crippen LogP contribution in [0.4, 0.5) is 0 Å². The minimum Gasteiger partial charge on any atom is -0.496 e. The van der Waals surface area contributed by atoms with E-state index in [1.165, 1.54) is 41.5 Å².